The molecule has 0 radical (unpaired) electrons. The highest BCUT2D eigenvalue weighted by Crippen LogP contribution is 2.52. The molecule has 0 atom stereocenters. The summed E-state index contributed by atoms with van der Waals surface area (Å²) < 4.78 is 39.0. The molecule has 2 rings (SSSR count). The van der Waals surface area contributed by atoms with Gasteiger partial charge >= 0.3 is 0 Å². The summed E-state index contributed by atoms with van der Waals surface area (Å²) >= 11 is 0. The zero-order valence-corrected chi connectivity index (χ0v) is 9.06. The third-order valence-corrected chi connectivity index (χ3v) is 3.36. The second-order valence-electron chi connectivity index (χ2n) is 4.66. The molecule has 0 spiro atoms. The fraction of sp³-hybridized carbons (Fsp3) is 0.500. The van der Waals surface area contributed by atoms with Gasteiger partial charge in [-0.1, -0.05) is 12.1 Å². The minimum atomic E-state index is -2.62. The van der Waals surface area contributed by atoms with Crippen molar-refractivity contribution in [3.05, 3.63) is 35.1 Å². The standard InChI is InChI=1S/C12H14F3N/c1-8-4-9(2-3-10(8)13)11(7-16)5-12(14,15)6-11/h2-4H,5-7,16H2,1H3. The summed E-state index contributed by atoms with van der Waals surface area (Å²) in [4.78, 5) is 0. The fourth-order valence-electron chi connectivity index (χ4n) is 2.38. The fourth-order valence-corrected chi connectivity index (χ4v) is 2.38. The lowest BCUT2D eigenvalue weighted by Gasteiger charge is -2.47. The van der Waals surface area contributed by atoms with Crippen LogP contribution >= 0.6 is 0 Å². The predicted molar refractivity (Wildman–Crippen MR) is 56.1 cm³/mol. The van der Waals surface area contributed by atoms with Gasteiger partial charge in [0.05, 0.1) is 0 Å². The van der Waals surface area contributed by atoms with Crippen molar-refractivity contribution in [3.8, 4) is 0 Å². The van der Waals surface area contributed by atoms with Crippen LogP contribution in [0.1, 0.15) is 24.0 Å². The topological polar surface area (TPSA) is 26.0 Å². The summed E-state index contributed by atoms with van der Waals surface area (Å²) in [6.07, 6.45) is -0.469. The number of benzene rings is 1. The molecule has 1 fully saturated rings. The van der Waals surface area contributed by atoms with Gasteiger partial charge in [0.1, 0.15) is 5.82 Å². The number of halogens is 3. The van der Waals surface area contributed by atoms with E-state index in [0.29, 0.717) is 5.56 Å². The molecule has 0 unspecified atom stereocenters. The molecule has 16 heavy (non-hydrogen) atoms. The Morgan fingerprint density at radius 3 is 2.38 bits per heavy atom. The predicted octanol–water partition coefficient (Wildman–Crippen LogP) is 2.76. The lowest BCUT2D eigenvalue weighted by molar-refractivity contribution is -0.123. The van der Waals surface area contributed by atoms with E-state index in [9.17, 15) is 13.2 Å². The first-order valence-corrected chi connectivity index (χ1v) is 5.23. The van der Waals surface area contributed by atoms with Gasteiger partial charge in [-0.25, -0.2) is 13.2 Å². The van der Waals surface area contributed by atoms with E-state index in [0.717, 1.165) is 5.56 Å². The molecule has 1 aromatic carbocycles. The molecular formula is C12H14F3N. The van der Waals surface area contributed by atoms with Crippen LogP contribution in [-0.4, -0.2) is 12.5 Å². The van der Waals surface area contributed by atoms with Gasteiger partial charge in [-0.2, -0.15) is 0 Å². The first-order chi connectivity index (χ1) is 7.38. The molecule has 0 amide bonds. The van der Waals surface area contributed by atoms with Crippen molar-refractivity contribution in [3.63, 3.8) is 0 Å². The molecule has 1 aliphatic carbocycles. The molecule has 1 aliphatic rings. The Morgan fingerprint density at radius 1 is 1.31 bits per heavy atom. The second kappa shape index (κ2) is 3.48. The summed E-state index contributed by atoms with van der Waals surface area (Å²) in [5.74, 6) is -2.94. The second-order valence-corrected chi connectivity index (χ2v) is 4.66. The first-order valence-electron chi connectivity index (χ1n) is 5.23. The zero-order chi connectivity index (χ0) is 12.0. The Balaban J connectivity index is 2.32. The van der Waals surface area contributed by atoms with E-state index in [1.54, 1.807) is 19.1 Å². The Bertz CT molecular complexity index is 407. The summed E-state index contributed by atoms with van der Waals surface area (Å²) in [7, 11) is 0. The number of alkyl halides is 2. The van der Waals surface area contributed by atoms with E-state index >= 15 is 0 Å². The smallest absolute Gasteiger partial charge is 0.250 e. The Labute approximate surface area is 92.5 Å². The van der Waals surface area contributed by atoms with Gasteiger partial charge in [-0.3, -0.25) is 0 Å². The maximum absolute atomic E-state index is 13.1. The van der Waals surface area contributed by atoms with Crippen LogP contribution < -0.4 is 5.73 Å². The molecule has 0 aromatic heterocycles. The van der Waals surface area contributed by atoms with Crippen LogP contribution in [0, 0.1) is 12.7 Å². The Morgan fingerprint density at radius 2 is 1.94 bits per heavy atom. The average Bonchev–Trinajstić information content (AvgIpc) is 2.18. The molecule has 1 saturated carbocycles. The van der Waals surface area contributed by atoms with Gasteiger partial charge in [0.2, 0.25) is 5.92 Å². The zero-order valence-electron chi connectivity index (χ0n) is 9.06. The van der Waals surface area contributed by atoms with E-state index in [2.05, 4.69) is 0 Å². The van der Waals surface area contributed by atoms with Crippen LogP contribution in [0.25, 0.3) is 0 Å². The summed E-state index contributed by atoms with van der Waals surface area (Å²) in [5.41, 5.74) is 6.11. The van der Waals surface area contributed by atoms with Crippen LogP contribution in [0.4, 0.5) is 13.2 Å². The molecular weight excluding hydrogens is 215 g/mol. The highest BCUT2D eigenvalue weighted by atomic mass is 19.3. The molecule has 0 heterocycles. The Kier molecular flexibility index (Phi) is 2.49. The molecule has 1 aromatic rings. The minimum Gasteiger partial charge on any atom is -0.330 e. The van der Waals surface area contributed by atoms with E-state index in [4.69, 9.17) is 5.73 Å². The molecule has 0 aliphatic heterocycles. The van der Waals surface area contributed by atoms with Crippen LogP contribution in [0.15, 0.2) is 18.2 Å². The maximum atomic E-state index is 13.1. The van der Waals surface area contributed by atoms with Crippen LogP contribution in [0.5, 0.6) is 0 Å². The van der Waals surface area contributed by atoms with Gasteiger partial charge in [-0.15, -0.1) is 0 Å². The quantitative estimate of drug-likeness (QED) is 0.829. The molecule has 0 saturated heterocycles. The Hall–Kier alpha value is -1.03. The normalized spacial score (nSPS) is 21.6. The van der Waals surface area contributed by atoms with Crippen molar-refractivity contribution in [1.82, 2.24) is 0 Å². The van der Waals surface area contributed by atoms with Crippen molar-refractivity contribution in [2.45, 2.75) is 31.1 Å². The van der Waals surface area contributed by atoms with E-state index in [1.807, 2.05) is 0 Å². The summed E-state index contributed by atoms with van der Waals surface area (Å²) in [5, 5.41) is 0. The molecule has 0 bridgehead atoms. The van der Waals surface area contributed by atoms with Crippen molar-refractivity contribution < 1.29 is 13.2 Å². The van der Waals surface area contributed by atoms with Gasteiger partial charge < -0.3 is 5.73 Å². The molecule has 2 N–H and O–H groups in total. The van der Waals surface area contributed by atoms with Gasteiger partial charge in [-0.05, 0) is 24.1 Å². The van der Waals surface area contributed by atoms with Crippen LogP contribution in [0.3, 0.4) is 0 Å². The number of hydrogen-bond donors (Lipinski definition) is 1. The SMILES string of the molecule is Cc1cc(C2(CN)CC(F)(F)C2)ccc1F. The third-order valence-electron chi connectivity index (χ3n) is 3.36. The largest absolute Gasteiger partial charge is 0.330 e. The van der Waals surface area contributed by atoms with Gasteiger partial charge in [0.25, 0.3) is 0 Å². The highest BCUT2D eigenvalue weighted by molar-refractivity contribution is 5.34. The van der Waals surface area contributed by atoms with Gasteiger partial charge in [0.15, 0.2) is 0 Å². The lowest BCUT2D eigenvalue weighted by atomic mass is 9.62. The summed E-state index contributed by atoms with van der Waals surface area (Å²) in [6, 6.07) is 4.50. The average molecular weight is 229 g/mol. The molecule has 1 nitrogen and oxygen atoms in total. The third kappa shape index (κ3) is 1.71. The minimum absolute atomic E-state index is 0.174. The lowest BCUT2D eigenvalue weighted by Crippen LogP contribution is -2.53. The van der Waals surface area contributed by atoms with E-state index in [1.165, 1.54) is 6.07 Å². The number of aryl methyl sites for hydroxylation is 1. The maximum Gasteiger partial charge on any atom is 0.250 e. The number of rotatable bonds is 2. The summed E-state index contributed by atoms with van der Waals surface area (Å²) in [6.45, 7) is 1.80. The van der Waals surface area contributed by atoms with E-state index in [-0.39, 0.29) is 25.2 Å². The van der Waals surface area contributed by atoms with Crippen molar-refractivity contribution in [1.29, 1.82) is 0 Å². The van der Waals surface area contributed by atoms with E-state index < -0.39 is 11.3 Å². The van der Waals surface area contributed by atoms with Crippen molar-refractivity contribution >= 4 is 0 Å². The highest BCUT2D eigenvalue weighted by Gasteiger charge is 2.56. The number of nitrogens with two attached hydrogens (primary N) is 1. The van der Waals surface area contributed by atoms with Crippen molar-refractivity contribution in [2.75, 3.05) is 6.54 Å². The molecule has 88 valence electrons. The monoisotopic (exact) mass is 229 g/mol. The van der Waals surface area contributed by atoms with Gasteiger partial charge in [0, 0.05) is 24.8 Å². The van der Waals surface area contributed by atoms with Crippen LogP contribution in [0.2, 0.25) is 0 Å². The van der Waals surface area contributed by atoms with Crippen molar-refractivity contribution in [2.24, 2.45) is 5.73 Å². The number of hydrogen-bond acceptors (Lipinski definition) is 1. The first kappa shape index (κ1) is 11.5. The van der Waals surface area contributed by atoms with Crippen LogP contribution in [-0.2, 0) is 5.41 Å². The molecule has 4 heteroatoms.